The number of benzene rings is 2. The number of carbonyl (C=O) groups excluding carboxylic acids is 1. The summed E-state index contributed by atoms with van der Waals surface area (Å²) in [4.78, 5) is 12.6. The van der Waals surface area contributed by atoms with E-state index in [1.807, 2.05) is 0 Å². The Kier molecular flexibility index (Phi) is 5.87. The van der Waals surface area contributed by atoms with Crippen LogP contribution in [0.4, 0.5) is 6.01 Å². The van der Waals surface area contributed by atoms with Crippen molar-refractivity contribution in [3.63, 3.8) is 0 Å². The number of nitrogens with zero attached hydrogens (tertiary/aromatic N) is 3. The molecule has 1 heterocycles. The number of nitrogens with one attached hydrogen (secondary N) is 1. The third kappa shape index (κ3) is 4.39. The van der Waals surface area contributed by atoms with Crippen LogP contribution in [0.5, 0.6) is 5.75 Å². The fraction of sp³-hybridized carbons (Fsp3) is 0.167. The first-order chi connectivity index (χ1) is 13.7. The Hall–Kier alpha value is -2.95. The number of anilines is 1. The summed E-state index contributed by atoms with van der Waals surface area (Å²) in [6.45, 7) is 0. The van der Waals surface area contributed by atoms with Crippen molar-refractivity contribution in [2.45, 2.75) is 4.90 Å². The van der Waals surface area contributed by atoms with E-state index < -0.39 is 15.9 Å². The molecule has 0 fully saturated rings. The van der Waals surface area contributed by atoms with Gasteiger partial charge in [0.25, 0.3) is 5.91 Å². The highest BCUT2D eigenvalue weighted by molar-refractivity contribution is 7.89. The highest BCUT2D eigenvalue weighted by Gasteiger charge is 2.19. The Morgan fingerprint density at radius 2 is 1.83 bits per heavy atom. The van der Waals surface area contributed by atoms with Crippen molar-refractivity contribution >= 4 is 33.5 Å². The SMILES string of the molecule is COc1ccc(Cl)cc1C(=O)Nc1nnc(-c2ccc(S(=O)(=O)N(C)C)cc2)o1. The van der Waals surface area contributed by atoms with Gasteiger partial charge in [0.1, 0.15) is 5.75 Å². The zero-order valence-corrected chi connectivity index (χ0v) is 17.3. The maximum absolute atomic E-state index is 12.5. The molecule has 0 bridgehead atoms. The van der Waals surface area contributed by atoms with Crippen LogP contribution in [-0.4, -0.2) is 50.0 Å². The molecule has 9 nitrogen and oxygen atoms in total. The second-order valence-electron chi connectivity index (χ2n) is 6.02. The first kappa shape index (κ1) is 20.8. The van der Waals surface area contributed by atoms with Gasteiger partial charge in [0, 0.05) is 24.7 Å². The maximum Gasteiger partial charge on any atom is 0.322 e. The summed E-state index contributed by atoms with van der Waals surface area (Å²) in [7, 11) is 0.794. The molecular formula is C18H17ClN4O5S. The third-order valence-corrected chi connectivity index (χ3v) is 6.00. The second-order valence-corrected chi connectivity index (χ2v) is 8.61. The van der Waals surface area contributed by atoms with E-state index in [0.717, 1.165) is 4.31 Å². The van der Waals surface area contributed by atoms with E-state index in [2.05, 4.69) is 15.5 Å². The van der Waals surface area contributed by atoms with Crippen molar-refractivity contribution in [3.05, 3.63) is 53.1 Å². The van der Waals surface area contributed by atoms with Gasteiger partial charge in [-0.15, -0.1) is 5.10 Å². The Bertz CT molecular complexity index is 1140. The van der Waals surface area contributed by atoms with Crippen LogP contribution in [0.1, 0.15) is 10.4 Å². The molecule has 0 spiro atoms. The molecule has 0 aliphatic rings. The summed E-state index contributed by atoms with van der Waals surface area (Å²) in [5.74, 6) is -0.0801. The lowest BCUT2D eigenvalue weighted by atomic mass is 10.2. The molecular weight excluding hydrogens is 420 g/mol. The van der Waals surface area contributed by atoms with E-state index in [-0.39, 0.29) is 22.4 Å². The van der Waals surface area contributed by atoms with E-state index in [9.17, 15) is 13.2 Å². The summed E-state index contributed by atoms with van der Waals surface area (Å²) in [5.41, 5.74) is 0.703. The van der Waals surface area contributed by atoms with Crippen LogP contribution in [0.3, 0.4) is 0 Å². The van der Waals surface area contributed by atoms with E-state index in [4.69, 9.17) is 20.8 Å². The van der Waals surface area contributed by atoms with Crippen LogP contribution in [0, 0.1) is 0 Å². The van der Waals surface area contributed by atoms with Crippen LogP contribution >= 0.6 is 11.6 Å². The van der Waals surface area contributed by atoms with Gasteiger partial charge in [-0.2, -0.15) is 0 Å². The minimum atomic E-state index is -3.54. The highest BCUT2D eigenvalue weighted by Crippen LogP contribution is 2.25. The summed E-state index contributed by atoms with van der Waals surface area (Å²) >= 11 is 5.94. The van der Waals surface area contributed by atoms with Gasteiger partial charge in [-0.05, 0) is 42.5 Å². The molecule has 2 aromatic carbocycles. The Balaban J connectivity index is 1.79. The quantitative estimate of drug-likeness (QED) is 0.631. The van der Waals surface area contributed by atoms with Gasteiger partial charge in [-0.25, -0.2) is 12.7 Å². The zero-order valence-electron chi connectivity index (χ0n) is 15.7. The fourth-order valence-electron chi connectivity index (χ4n) is 2.39. The highest BCUT2D eigenvalue weighted by atomic mass is 35.5. The predicted octanol–water partition coefficient (Wildman–Crippen LogP) is 2.90. The molecule has 1 N–H and O–H groups in total. The van der Waals surface area contributed by atoms with Gasteiger partial charge in [0.2, 0.25) is 15.9 Å². The molecule has 152 valence electrons. The Morgan fingerprint density at radius 3 is 2.45 bits per heavy atom. The van der Waals surface area contributed by atoms with E-state index in [0.29, 0.717) is 16.3 Å². The predicted molar refractivity (Wildman–Crippen MR) is 107 cm³/mol. The van der Waals surface area contributed by atoms with E-state index in [1.165, 1.54) is 51.5 Å². The summed E-state index contributed by atoms with van der Waals surface area (Å²) in [6.07, 6.45) is 0. The largest absolute Gasteiger partial charge is 0.496 e. The number of hydrogen-bond donors (Lipinski definition) is 1. The molecule has 0 aliphatic heterocycles. The minimum absolute atomic E-state index is 0.118. The molecule has 3 aromatic rings. The molecule has 11 heteroatoms. The number of methoxy groups -OCH3 is 1. The molecule has 1 amide bonds. The van der Waals surface area contributed by atoms with Gasteiger partial charge >= 0.3 is 6.01 Å². The van der Waals surface area contributed by atoms with Crippen molar-refractivity contribution in [1.29, 1.82) is 0 Å². The van der Waals surface area contributed by atoms with Crippen molar-refractivity contribution in [2.75, 3.05) is 26.5 Å². The van der Waals surface area contributed by atoms with Crippen molar-refractivity contribution in [3.8, 4) is 17.2 Å². The van der Waals surface area contributed by atoms with E-state index in [1.54, 1.807) is 12.1 Å². The molecule has 0 atom stereocenters. The summed E-state index contributed by atoms with van der Waals surface area (Å²) in [5, 5.41) is 10.5. The number of amides is 1. The van der Waals surface area contributed by atoms with Crippen LogP contribution in [0.25, 0.3) is 11.5 Å². The number of sulfonamides is 1. The minimum Gasteiger partial charge on any atom is -0.496 e. The van der Waals surface area contributed by atoms with Gasteiger partial charge in [0.15, 0.2) is 0 Å². The summed E-state index contributed by atoms with van der Waals surface area (Å²) < 4.78 is 36.0. The Morgan fingerprint density at radius 1 is 1.14 bits per heavy atom. The lowest BCUT2D eigenvalue weighted by Gasteiger charge is -2.11. The van der Waals surface area contributed by atoms with Crippen molar-refractivity contribution < 1.29 is 22.4 Å². The van der Waals surface area contributed by atoms with Gasteiger partial charge in [0.05, 0.1) is 17.6 Å². The zero-order chi connectivity index (χ0) is 21.2. The van der Waals surface area contributed by atoms with Crippen LogP contribution in [0.15, 0.2) is 51.8 Å². The van der Waals surface area contributed by atoms with Crippen LogP contribution < -0.4 is 10.1 Å². The lowest BCUT2D eigenvalue weighted by Crippen LogP contribution is -2.22. The molecule has 0 aliphatic carbocycles. The molecule has 0 radical (unpaired) electrons. The van der Waals surface area contributed by atoms with Crippen LogP contribution in [-0.2, 0) is 10.0 Å². The molecule has 0 unspecified atom stereocenters. The van der Waals surface area contributed by atoms with Gasteiger partial charge < -0.3 is 9.15 Å². The van der Waals surface area contributed by atoms with Gasteiger partial charge in [-0.3, -0.25) is 10.1 Å². The molecule has 1 aromatic heterocycles. The monoisotopic (exact) mass is 436 g/mol. The molecule has 0 saturated carbocycles. The number of rotatable bonds is 6. The van der Waals surface area contributed by atoms with Crippen LogP contribution in [0.2, 0.25) is 5.02 Å². The standard InChI is InChI=1S/C18H17ClN4O5S/c1-23(2)29(25,26)13-7-4-11(5-8-13)17-21-22-18(28-17)20-16(24)14-10-12(19)6-9-15(14)27-3/h4-10H,1-3H3,(H,20,22,24). The average Bonchev–Trinajstić information content (AvgIpc) is 3.16. The maximum atomic E-state index is 12.5. The normalized spacial score (nSPS) is 11.5. The lowest BCUT2D eigenvalue weighted by molar-refractivity contribution is 0.102. The number of halogens is 1. The number of hydrogen-bond acceptors (Lipinski definition) is 7. The third-order valence-electron chi connectivity index (χ3n) is 3.93. The van der Waals surface area contributed by atoms with Gasteiger partial charge in [-0.1, -0.05) is 16.7 Å². The molecule has 3 rings (SSSR count). The molecule has 0 saturated heterocycles. The topological polar surface area (TPSA) is 115 Å². The van der Waals surface area contributed by atoms with Crippen molar-refractivity contribution in [2.24, 2.45) is 0 Å². The number of carbonyl (C=O) groups is 1. The smallest absolute Gasteiger partial charge is 0.322 e. The first-order valence-corrected chi connectivity index (χ1v) is 10.1. The number of ether oxygens (including phenoxy) is 1. The average molecular weight is 437 g/mol. The Labute approximate surface area is 172 Å². The molecule has 29 heavy (non-hydrogen) atoms. The second kappa shape index (κ2) is 8.19. The van der Waals surface area contributed by atoms with Crippen molar-refractivity contribution in [1.82, 2.24) is 14.5 Å². The first-order valence-electron chi connectivity index (χ1n) is 8.23. The number of aromatic nitrogens is 2. The summed E-state index contributed by atoms with van der Waals surface area (Å²) in [6, 6.07) is 10.4. The van der Waals surface area contributed by atoms with E-state index >= 15 is 0 Å². The fourth-order valence-corrected chi connectivity index (χ4v) is 3.47.